The normalized spacial score (nSPS) is 33.6. The third kappa shape index (κ3) is 3.75. The lowest BCUT2D eigenvalue weighted by atomic mass is 9.43. The summed E-state index contributed by atoms with van der Waals surface area (Å²) >= 11 is 6.75. The Morgan fingerprint density at radius 2 is 2.03 bits per heavy atom. The summed E-state index contributed by atoms with van der Waals surface area (Å²) < 4.78 is 18.2. The first kappa shape index (κ1) is 21.2. The highest BCUT2D eigenvalue weighted by Crippen LogP contribution is 2.65. The van der Waals surface area contributed by atoms with E-state index >= 15 is 0 Å². The van der Waals surface area contributed by atoms with Crippen molar-refractivity contribution in [2.75, 3.05) is 0 Å². The Kier molecular flexibility index (Phi) is 5.12. The van der Waals surface area contributed by atoms with Crippen molar-refractivity contribution in [3.8, 4) is 0 Å². The van der Waals surface area contributed by atoms with Crippen LogP contribution in [0.25, 0.3) is 0 Å². The van der Waals surface area contributed by atoms with Crippen LogP contribution >= 0.6 is 11.6 Å². The number of esters is 1. The maximum Gasteiger partial charge on any atom is 0.477 e. The molecule has 4 aliphatic rings. The van der Waals surface area contributed by atoms with E-state index in [-0.39, 0.29) is 23.0 Å². The van der Waals surface area contributed by atoms with Gasteiger partial charge in [-0.05, 0) is 81.9 Å². The quantitative estimate of drug-likeness (QED) is 0.389. The smallest absolute Gasteiger partial charge is 0.456 e. The minimum absolute atomic E-state index is 0.124. The van der Waals surface area contributed by atoms with Crippen LogP contribution in [0.5, 0.6) is 0 Å². The van der Waals surface area contributed by atoms with Gasteiger partial charge in [0.15, 0.2) is 0 Å². The van der Waals surface area contributed by atoms with Crippen molar-refractivity contribution < 1.29 is 18.8 Å². The first-order valence-corrected chi connectivity index (χ1v) is 11.1. The van der Waals surface area contributed by atoms with Crippen LogP contribution in [0, 0.1) is 17.3 Å². The van der Waals surface area contributed by atoms with Crippen LogP contribution in [-0.4, -0.2) is 35.7 Å². The number of hydrogen-bond donors (Lipinski definition) is 0. The Morgan fingerprint density at radius 3 is 2.69 bits per heavy atom. The Hall–Kier alpha value is -1.04. The number of rotatable bonds is 4. The molecule has 1 aliphatic heterocycles. The summed E-state index contributed by atoms with van der Waals surface area (Å²) in [5, 5.41) is -0.313. The molecule has 4 fully saturated rings. The molecule has 3 aliphatic carbocycles. The third-order valence-corrected chi connectivity index (χ3v) is 7.62. The van der Waals surface area contributed by atoms with Crippen molar-refractivity contribution in [1.29, 1.82) is 0 Å². The second-order valence-electron chi connectivity index (χ2n) is 10.8. The van der Waals surface area contributed by atoms with Gasteiger partial charge in [-0.1, -0.05) is 26.0 Å². The summed E-state index contributed by atoms with van der Waals surface area (Å²) in [7, 11) is -0.424. The maximum absolute atomic E-state index is 12.4. The Morgan fingerprint density at radius 1 is 1.31 bits per heavy atom. The molecule has 1 heterocycles. The summed E-state index contributed by atoms with van der Waals surface area (Å²) in [5.74, 6) is 0.912. The monoisotopic (exact) mass is 418 g/mol. The second kappa shape index (κ2) is 7.00. The molecule has 4 nitrogen and oxygen atoms in total. The fourth-order valence-electron chi connectivity index (χ4n) is 5.54. The van der Waals surface area contributed by atoms with Gasteiger partial charge in [-0.25, -0.2) is 4.79 Å². The molecular formula is C23H32BClO4. The summed E-state index contributed by atoms with van der Waals surface area (Å²) in [6, 6.07) is 7.47. The molecule has 1 saturated heterocycles. The van der Waals surface area contributed by atoms with Gasteiger partial charge in [0, 0.05) is 0 Å². The average Bonchev–Trinajstić information content (AvgIpc) is 2.97. The number of benzene rings is 1. The SMILES string of the molecule is CC(C)(C)OC(=O)c1cccc(CC(Cl)B2OC3CC4CC(C4(C)C)C3(C)O2)c1. The minimum Gasteiger partial charge on any atom is -0.456 e. The lowest BCUT2D eigenvalue weighted by Gasteiger charge is -2.64. The van der Waals surface area contributed by atoms with E-state index < -0.39 is 12.7 Å². The number of alkyl halides is 1. The van der Waals surface area contributed by atoms with Gasteiger partial charge in [0.1, 0.15) is 5.60 Å². The Bertz CT molecular complexity index is 804. The van der Waals surface area contributed by atoms with E-state index in [4.69, 9.17) is 25.6 Å². The van der Waals surface area contributed by atoms with Crippen LogP contribution in [0.4, 0.5) is 0 Å². The van der Waals surface area contributed by atoms with Crippen LogP contribution in [-0.2, 0) is 20.5 Å². The molecule has 0 spiro atoms. The molecule has 1 aromatic rings. The second-order valence-corrected chi connectivity index (χ2v) is 11.3. The van der Waals surface area contributed by atoms with Gasteiger partial charge < -0.3 is 14.0 Å². The van der Waals surface area contributed by atoms with Gasteiger partial charge in [-0.3, -0.25) is 0 Å². The standard InChI is InChI=1S/C23H32BClO4/c1-21(2,3)27-20(26)15-9-7-8-14(10-15)11-19(25)24-28-18-13-16-12-17(22(16,4)5)23(18,6)29-24/h7-10,16-19H,11-13H2,1-6H3. The molecule has 0 aromatic heterocycles. The van der Waals surface area contributed by atoms with Crippen molar-refractivity contribution in [1.82, 2.24) is 0 Å². The number of halogens is 1. The van der Waals surface area contributed by atoms with Crippen molar-refractivity contribution in [2.24, 2.45) is 17.3 Å². The summed E-state index contributed by atoms with van der Waals surface area (Å²) in [6.07, 6.45) is 2.97. The molecule has 3 saturated carbocycles. The van der Waals surface area contributed by atoms with Crippen molar-refractivity contribution in [3.63, 3.8) is 0 Å². The summed E-state index contributed by atoms with van der Waals surface area (Å²) in [6.45, 7) is 12.5. The molecule has 0 radical (unpaired) electrons. The average molecular weight is 419 g/mol. The largest absolute Gasteiger partial charge is 0.477 e. The molecule has 0 amide bonds. The number of carbonyl (C=O) groups excluding carboxylic acids is 1. The summed E-state index contributed by atoms with van der Waals surface area (Å²) in [4.78, 5) is 12.4. The zero-order valence-corrected chi connectivity index (χ0v) is 19.1. The molecule has 2 bridgehead atoms. The predicted molar refractivity (Wildman–Crippen MR) is 115 cm³/mol. The molecular weight excluding hydrogens is 387 g/mol. The van der Waals surface area contributed by atoms with E-state index in [1.807, 2.05) is 39.0 Å². The lowest BCUT2D eigenvalue weighted by Crippen LogP contribution is -2.65. The Balaban J connectivity index is 1.43. The fourth-order valence-corrected chi connectivity index (χ4v) is 5.83. The molecule has 5 atom stereocenters. The molecule has 5 rings (SSSR count). The number of carbonyl (C=O) groups is 1. The zero-order chi connectivity index (χ0) is 21.2. The predicted octanol–water partition coefficient (Wildman–Crippen LogP) is 5.06. The first-order chi connectivity index (χ1) is 13.4. The van der Waals surface area contributed by atoms with Gasteiger partial charge in [-0.15, -0.1) is 11.6 Å². The van der Waals surface area contributed by atoms with Gasteiger partial charge in [0.2, 0.25) is 0 Å². The molecule has 158 valence electrons. The van der Waals surface area contributed by atoms with Crippen LogP contribution in [0.15, 0.2) is 24.3 Å². The van der Waals surface area contributed by atoms with Crippen LogP contribution in [0.3, 0.4) is 0 Å². The molecule has 1 aromatic carbocycles. The van der Waals surface area contributed by atoms with Crippen molar-refractivity contribution in [2.45, 2.75) is 83.4 Å². The topological polar surface area (TPSA) is 44.8 Å². The highest BCUT2D eigenvalue weighted by atomic mass is 35.5. The van der Waals surface area contributed by atoms with E-state index in [0.717, 1.165) is 12.0 Å². The van der Waals surface area contributed by atoms with Crippen LogP contribution in [0.2, 0.25) is 0 Å². The highest BCUT2D eigenvalue weighted by Gasteiger charge is 2.68. The number of ether oxygens (including phenoxy) is 1. The van der Waals surface area contributed by atoms with Gasteiger partial charge in [-0.2, -0.15) is 0 Å². The highest BCUT2D eigenvalue weighted by molar-refractivity contribution is 6.60. The van der Waals surface area contributed by atoms with E-state index in [1.54, 1.807) is 6.07 Å². The fraction of sp³-hybridized carbons (Fsp3) is 0.696. The minimum atomic E-state index is -0.520. The molecule has 0 N–H and O–H groups in total. The maximum atomic E-state index is 12.4. The molecule has 6 heteroatoms. The van der Waals surface area contributed by atoms with E-state index in [1.165, 1.54) is 6.42 Å². The Labute approximate surface area is 179 Å². The molecule has 5 unspecified atom stereocenters. The third-order valence-electron chi connectivity index (χ3n) is 7.26. The lowest BCUT2D eigenvalue weighted by molar-refractivity contribution is -0.199. The van der Waals surface area contributed by atoms with Crippen molar-refractivity contribution >= 4 is 24.7 Å². The van der Waals surface area contributed by atoms with Gasteiger partial charge in [0.25, 0.3) is 0 Å². The first-order valence-electron chi connectivity index (χ1n) is 10.7. The van der Waals surface area contributed by atoms with Crippen molar-refractivity contribution in [3.05, 3.63) is 35.4 Å². The van der Waals surface area contributed by atoms with Crippen LogP contribution < -0.4 is 0 Å². The zero-order valence-electron chi connectivity index (χ0n) is 18.3. The van der Waals surface area contributed by atoms with E-state index in [2.05, 4.69) is 20.8 Å². The van der Waals surface area contributed by atoms with Gasteiger partial charge in [0.05, 0.1) is 22.5 Å². The van der Waals surface area contributed by atoms with Crippen LogP contribution in [0.1, 0.15) is 70.3 Å². The summed E-state index contributed by atoms with van der Waals surface area (Å²) in [5.41, 5.74) is 1.05. The molecule has 29 heavy (non-hydrogen) atoms. The van der Waals surface area contributed by atoms with E-state index in [9.17, 15) is 4.79 Å². The van der Waals surface area contributed by atoms with E-state index in [0.29, 0.717) is 29.2 Å². The number of hydrogen-bond acceptors (Lipinski definition) is 4. The van der Waals surface area contributed by atoms with Gasteiger partial charge >= 0.3 is 13.1 Å².